The number of pyridine rings is 1. The molecule has 1 aromatic heterocycles. The molecule has 10 heteroatoms. The number of benzene rings is 2. The van der Waals surface area contributed by atoms with Crippen LogP contribution in [0.15, 0.2) is 65.7 Å². The van der Waals surface area contributed by atoms with Crippen molar-refractivity contribution in [3.63, 3.8) is 0 Å². The maximum Gasteiger partial charge on any atom is 0.259 e. The lowest BCUT2D eigenvalue weighted by molar-refractivity contribution is 0.0373. The largest absolute Gasteiger partial charge is 0.472 e. The summed E-state index contributed by atoms with van der Waals surface area (Å²) in [6, 6.07) is 13.5. The molecule has 0 saturated heterocycles. The molecule has 0 spiro atoms. The number of aromatic nitrogens is 1. The Morgan fingerprint density at radius 2 is 1.88 bits per heavy atom. The van der Waals surface area contributed by atoms with Crippen LogP contribution in [-0.2, 0) is 10.0 Å². The minimum Gasteiger partial charge on any atom is -0.472 e. The molecule has 1 aliphatic heterocycles. The van der Waals surface area contributed by atoms with Gasteiger partial charge in [-0.3, -0.25) is 4.79 Å². The lowest BCUT2D eigenvalue weighted by atomic mass is 10.0. The van der Waals surface area contributed by atoms with Gasteiger partial charge in [-0.15, -0.1) is 0 Å². The fourth-order valence-corrected chi connectivity index (χ4v) is 5.52. The highest BCUT2D eigenvalue weighted by Gasteiger charge is 2.35. The SMILES string of the molecule is Cc1ccc(S(=O)(=O)N(C)C[C@@H]2Oc3ncc(C#Cc4cccc(F)c4)cc3C(=O)N([C@H](C)CO)C[C@@H]2C)cc1. The Bertz CT molecular complexity index is 1550. The lowest BCUT2D eigenvalue weighted by Crippen LogP contribution is -2.50. The monoisotopic (exact) mass is 565 g/mol. The quantitative estimate of drug-likeness (QED) is 0.460. The maximum absolute atomic E-state index is 13.6. The number of halogens is 1. The molecule has 2 heterocycles. The topological polar surface area (TPSA) is 100 Å². The molecule has 1 aliphatic rings. The molecule has 1 amide bonds. The van der Waals surface area contributed by atoms with Gasteiger partial charge in [-0.2, -0.15) is 4.31 Å². The van der Waals surface area contributed by atoms with Gasteiger partial charge < -0.3 is 14.7 Å². The zero-order valence-electron chi connectivity index (χ0n) is 22.8. The summed E-state index contributed by atoms with van der Waals surface area (Å²) < 4.78 is 47.5. The molecule has 0 radical (unpaired) electrons. The van der Waals surface area contributed by atoms with Crippen LogP contribution in [-0.4, -0.2) is 72.5 Å². The van der Waals surface area contributed by atoms with Crippen LogP contribution in [0.25, 0.3) is 0 Å². The number of likely N-dealkylation sites (N-methyl/N-ethyl adjacent to an activating group) is 1. The maximum atomic E-state index is 13.6. The van der Waals surface area contributed by atoms with Gasteiger partial charge in [0.2, 0.25) is 15.9 Å². The van der Waals surface area contributed by atoms with Crippen LogP contribution < -0.4 is 4.74 Å². The van der Waals surface area contributed by atoms with Crippen molar-refractivity contribution in [3.05, 3.63) is 88.9 Å². The van der Waals surface area contributed by atoms with E-state index in [1.54, 1.807) is 54.3 Å². The molecule has 1 N–H and O–H groups in total. The highest BCUT2D eigenvalue weighted by atomic mass is 32.2. The molecule has 0 aliphatic carbocycles. The average Bonchev–Trinajstić information content (AvgIpc) is 2.93. The average molecular weight is 566 g/mol. The number of aliphatic hydroxyl groups excluding tert-OH is 1. The van der Waals surface area contributed by atoms with Gasteiger partial charge in [-0.05, 0) is 50.2 Å². The van der Waals surface area contributed by atoms with Crippen LogP contribution in [0.5, 0.6) is 5.88 Å². The van der Waals surface area contributed by atoms with Gasteiger partial charge in [0.05, 0.1) is 24.1 Å². The Morgan fingerprint density at radius 1 is 1.18 bits per heavy atom. The van der Waals surface area contributed by atoms with E-state index in [0.717, 1.165) is 5.56 Å². The van der Waals surface area contributed by atoms with Crippen molar-refractivity contribution in [3.8, 4) is 17.7 Å². The Morgan fingerprint density at radius 3 is 2.55 bits per heavy atom. The number of nitrogens with zero attached hydrogens (tertiary/aromatic N) is 3. The first-order valence-corrected chi connectivity index (χ1v) is 14.3. The van der Waals surface area contributed by atoms with Gasteiger partial charge in [0.25, 0.3) is 5.91 Å². The third kappa shape index (κ3) is 6.50. The molecule has 8 nitrogen and oxygen atoms in total. The standard InChI is InChI=1S/C30H32FN3O5S/c1-20-8-12-26(13-9-20)40(37,38)33(4)18-28-21(2)17-34(22(3)19-35)30(36)27-15-24(16-32-29(27)39-28)11-10-23-6-5-7-25(31)14-23/h5-9,12-16,21-22,28,35H,17-19H2,1-4H3/t21-,22+,28-/m0/s1. The third-order valence-corrected chi connectivity index (χ3v) is 8.70. The molecule has 40 heavy (non-hydrogen) atoms. The lowest BCUT2D eigenvalue weighted by Gasteiger charge is -2.37. The first-order chi connectivity index (χ1) is 19.0. The third-order valence-electron chi connectivity index (χ3n) is 6.86. The Kier molecular flexibility index (Phi) is 8.88. The summed E-state index contributed by atoms with van der Waals surface area (Å²) in [4.78, 5) is 19.7. The number of hydrogen-bond acceptors (Lipinski definition) is 6. The predicted molar refractivity (Wildman–Crippen MR) is 149 cm³/mol. The summed E-state index contributed by atoms with van der Waals surface area (Å²) in [5, 5.41) is 9.87. The van der Waals surface area contributed by atoms with E-state index in [1.165, 1.54) is 29.7 Å². The second-order valence-electron chi connectivity index (χ2n) is 10.1. The molecule has 2 aromatic carbocycles. The first kappa shape index (κ1) is 29.2. The van der Waals surface area contributed by atoms with E-state index in [9.17, 15) is 22.7 Å². The number of hydrogen-bond donors (Lipinski definition) is 1. The summed E-state index contributed by atoms with van der Waals surface area (Å²) in [5.74, 6) is 4.73. The molecule has 3 atom stereocenters. The normalized spacial score (nSPS) is 18.2. The summed E-state index contributed by atoms with van der Waals surface area (Å²) in [5.41, 5.74) is 1.98. The van der Waals surface area contributed by atoms with E-state index >= 15 is 0 Å². The van der Waals surface area contributed by atoms with Crippen molar-refractivity contribution in [1.29, 1.82) is 0 Å². The molecular weight excluding hydrogens is 533 g/mol. The van der Waals surface area contributed by atoms with Gasteiger partial charge in [-0.1, -0.05) is 42.5 Å². The second-order valence-corrected chi connectivity index (χ2v) is 12.1. The number of fused-ring (bicyclic) bond motifs is 1. The molecule has 0 fully saturated rings. The molecule has 0 unspecified atom stereocenters. The minimum absolute atomic E-state index is 0.00909. The summed E-state index contributed by atoms with van der Waals surface area (Å²) in [6.45, 7) is 5.46. The van der Waals surface area contributed by atoms with Crippen molar-refractivity contribution in [1.82, 2.24) is 14.2 Å². The number of ether oxygens (including phenoxy) is 1. The number of carbonyl (C=O) groups excluding carboxylic acids is 1. The smallest absolute Gasteiger partial charge is 0.259 e. The molecule has 0 saturated carbocycles. The molecule has 0 bridgehead atoms. The molecule has 210 valence electrons. The zero-order valence-corrected chi connectivity index (χ0v) is 23.7. The minimum atomic E-state index is -3.80. The van der Waals surface area contributed by atoms with Crippen molar-refractivity contribution < 1.29 is 27.4 Å². The van der Waals surface area contributed by atoms with Gasteiger partial charge in [0.15, 0.2) is 0 Å². The van der Waals surface area contributed by atoms with E-state index in [2.05, 4.69) is 16.8 Å². The number of carbonyl (C=O) groups is 1. The van der Waals surface area contributed by atoms with Gasteiger partial charge in [-0.25, -0.2) is 17.8 Å². The van der Waals surface area contributed by atoms with Crippen LogP contribution in [0.3, 0.4) is 0 Å². The number of aliphatic hydroxyl groups is 1. The van der Waals surface area contributed by atoms with E-state index in [4.69, 9.17) is 4.74 Å². The summed E-state index contributed by atoms with van der Waals surface area (Å²) in [7, 11) is -2.31. The number of amides is 1. The Labute approximate surface area is 234 Å². The molecule has 3 aromatic rings. The van der Waals surface area contributed by atoms with E-state index in [1.807, 2.05) is 13.8 Å². The number of aryl methyl sites for hydroxylation is 1. The van der Waals surface area contributed by atoms with Gasteiger partial charge in [0.1, 0.15) is 17.5 Å². The van der Waals surface area contributed by atoms with Crippen LogP contribution in [0.2, 0.25) is 0 Å². The summed E-state index contributed by atoms with van der Waals surface area (Å²) in [6.07, 6.45) is 0.802. The van der Waals surface area contributed by atoms with Crippen LogP contribution in [0, 0.1) is 30.5 Å². The second kappa shape index (κ2) is 12.2. The highest BCUT2D eigenvalue weighted by molar-refractivity contribution is 7.89. The Hall–Kier alpha value is -3.78. The first-order valence-electron chi connectivity index (χ1n) is 12.9. The van der Waals surface area contributed by atoms with Crippen molar-refractivity contribution in [2.75, 3.05) is 26.7 Å². The molecule has 4 rings (SSSR count). The summed E-state index contributed by atoms with van der Waals surface area (Å²) >= 11 is 0. The van der Waals surface area contributed by atoms with Crippen molar-refractivity contribution >= 4 is 15.9 Å². The van der Waals surface area contributed by atoms with Crippen molar-refractivity contribution in [2.24, 2.45) is 5.92 Å². The van der Waals surface area contributed by atoms with E-state index in [0.29, 0.717) is 11.1 Å². The zero-order chi connectivity index (χ0) is 29.0. The molecular formula is C30H32FN3O5S. The fourth-order valence-electron chi connectivity index (χ4n) is 4.34. The van der Waals surface area contributed by atoms with Crippen molar-refractivity contribution in [2.45, 2.75) is 37.8 Å². The van der Waals surface area contributed by atoms with Gasteiger partial charge >= 0.3 is 0 Å². The van der Waals surface area contributed by atoms with Crippen LogP contribution >= 0.6 is 0 Å². The van der Waals surface area contributed by atoms with Crippen LogP contribution in [0.1, 0.15) is 40.9 Å². The highest BCUT2D eigenvalue weighted by Crippen LogP contribution is 2.28. The van der Waals surface area contributed by atoms with E-state index < -0.39 is 28.0 Å². The van der Waals surface area contributed by atoms with Crippen LogP contribution in [0.4, 0.5) is 4.39 Å². The van der Waals surface area contributed by atoms with Gasteiger partial charge in [0, 0.05) is 36.8 Å². The van der Waals surface area contributed by atoms with E-state index in [-0.39, 0.29) is 47.9 Å². The Balaban J connectivity index is 1.68. The number of rotatable bonds is 6. The number of sulfonamides is 1. The predicted octanol–water partition coefficient (Wildman–Crippen LogP) is 3.47. The fraction of sp³-hybridized carbons (Fsp3) is 0.333.